The van der Waals surface area contributed by atoms with Gasteiger partial charge in [0.2, 0.25) is 5.89 Å². The van der Waals surface area contributed by atoms with Crippen LogP contribution in [0.1, 0.15) is 56.8 Å². The van der Waals surface area contributed by atoms with Gasteiger partial charge in [-0.15, -0.1) is 0 Å². The average Bonchev–Trinajstić information content (AvgIpc) is 2.78. The van der Waals surface area contributed by atoms with Gasteiger partial charge in [-0.1, -0.05) is 19.0 Å². The molecule has 2 heterocycles. The molecule has 1 unspecified atom stereocenters. The van der Waals surface area contributed by atoms with Crippen LogP contribution in [0.4, 0.5) is 0 Å². The summed E-state index contributed by atoms with van der Waals surface area (Å²) in [5.74, 6) is 2.26. The van der Waals surface area contributed by atoms with Gasteiger partial charge in [0.25, 0.3) is 0 Å². The molecule has 0 aromatic carbocycles. The maximum Gasteiger partial charge on any atom is 0.243 e. The van der Waals surface area contributed by atoms with Gasteiger partial charge in [-0.05, 0) is 25.2 Å². The predicted octanol–water partition coefficient (Wildman–Crippen LogP) is 2.01. The maximum atomic E-state index is 6.02. The molecule has 1 fully saturated rings. The first-order chi connectivity index (χ1) is 8.16. The Morgan fingerprint density at radius 3 is 2.71 bits per heavy atom. The molecule has 0 bridgehead atoms. The van der Waals surface area contributed by atoms with E-state index in [9.17, 15) is 0 Å². The first kappa shape index (κ1) is 12.5. The molecular weight excluding hydrogens is 218 g/mol. The van der Waals surface area contributed by atoms with Gasteiger partial charge in [-0.3, -0.25) is 0 Å². The fraction of sp³-hybridized carbons (Fsp3) is 0.833. The predicted molar refractivity (Wildman–Crippen MR) is 63.5 cm³/mol. The standard InChI is InChI=1S/C12H21N3O2/c1-8(2)7-10(13)12-14-11(15-17-12)9-3-5-16-6-4-9/h8-10H,3-7,13H2,1-2H3. The summed E-state index contributed by atoms with van der Waals surface area (Å²) in [7, 11) is 0. The van der Waals surface area contributed by atoms with E-state index in [-0.39, 0.29) is 6.04 Å². The highest BCUT2D eigenvalue weighted by molar-refractivity contribution is 4.99. The molecule has 5 heteroatoms. The van der Waals surface area contributed by atoms with Crippen molar-refractivity contribution in [2.24, 2.45) is 11.7 Å². The second kappa shape index (κ2) is 5.60. The Morgan fingerprint density at radius 2 is 2.06 bits per heavy atom. The van der Waals surface area contributed by atoms with Gasteiger partial charge in [0, 0.05) is 19.1 Å². The van der Waals surface area contributed by atoms with Crippen LogP contribution in [0.25, 0.3) is 0 Å². The van der Waals surface area contributed by atoms with Crippen LogP contribution in [0.5, 0.6) is 0 Å². The van der Waals surface area contributed by atoms with E-state index in [2.05, 4.69) is 24.0 Å². The normalized spacial score (nSPS) is 19.8. The molecule has 1 saturated heterocycles. The summed E-state index contributed by atoms with van der Waals surface area (Å²) in [6, 6.07) is -0.143. The van der Waals surface area contributed by atoms with Crippen LogP contribution in [-0.4, -0.2) is 23.4 Å². The molecule has 1 aromatic rings. The van der Waals surface area contributed by atoms with E-state index >= 15 is 0 Å². The Bertz CT molecular complexity index is 345. The Kier molecular flexibility index (Phi) is 4.12. The summed E-state index contributed by atoms with van der Waals surface area (Å²) in [5.41, 5.74) is 6.02. The van der Waals surface area contributed by atoms with E-state index < -0.39 is 0 Å². The van der Waals surface area contributed by atoms with Gasteiger partial charge in [0.1, 0.15) is 0 Å². The van der Waals surface area contributed by atoms with Gasteiger partial charge in [0.15, 0.2) is 5.82 Å². The van der Waals surface area contributed by atoms with Crippen molar-refractivity contribution in [1.82, 2.24) is 10.1 Å². The summed E-state index contributed by atoms with van der Waals surface area (Å²) >= 11 is 0. The third-order valence-corrected chi connectivity index (χ3v) is 3.09. The molecule has 0 amide bonds. The summed E-state index contributed by atoms with van der Waals surface area (Å²) < 4.78 is 10.6. The molecular formula is C12H21N3O2. The molecule has 2 N–H and O–H groups in total. The molecule has 17 heavy (non-hydrogen) atoms. The Balaban J connectivity index is 1.99. The molecule has 1 atom stereocenters. The number of nitrogens with two attached hydrogens (primary N) is 1. The highest BCUT2D eigenvalue weighted by atomic mass is 16.5. The van der Waals surface area contributed by atoms with Crippen LogP contribution >= 0.6 is 0 Å². The molecule has 2 rings (SSSR count). The number of hydrogen-bond donors (Lipinski definition) is 1. The lowest BCUT2D eigenvalue weighted by Crippen LogP contribution is -2.16. The van der Waals surface area contributed by atoms with E-state index in [0.717, 1.165) is 38.3 Å². The molecule has 1 aromatic heterocycles. The molecule has 0 spiro atoms. The zero-order chi connectivity index (χ0) is 12.3. The van der Waals surface area contributed by atoms with Crippen LogP contribution in [0.3, 0.4) is 0 Å². The number of nitrogens with zero attached hydrogens (tertiary/aromatic N) is 2. The SMILES string of the molecule is CC(C)CC(N)c1nc(C2CCOCC2)no1. The van der Waals surface area contributed by atoms with E-state index in [1.54, 1.807) is 0 Å². The van der Waals surface area contributed by atoms with Gasteiger partial charge < -0.3 is 15.0 Å². The van der Waals surface area contributed by atoms with E-state index in [1.807, 2.05) is 0 Å². The monoisotopic (exact) mass is 239 g/mol. The van der Waals surface area contributed by atoms with Gasteiger partial charge in [-0.25, -0.2) is 0 Å². The number of ether oxygens (including phenoxy) is 1. The van der Waals surface area contributed by atoms with Crippen molar-refractivity contribution in [3.05, 3.63) is 11.7 Å². The fourth-order valence-electron chi connectivity index (χ4n) is 2.13. The summed E-state index contributed by atoms with van der Waals surface area (Å²) in [5, 5.41) is 4.05. The van der Waals surface area contributed by atoms with Crippen molar-refractivity contribution in [3.63, 3.8) is 0 Å². The quantitative estimate of drug-likeness (QED) is 0.870. The summed E-state index contributed by atoms with van der Waals surface area (Å²) in [4.78, 5) is 4.43. The van der Waals surface area contributed by atoms with Crippen LogP contribution < -0.4 is 5.73 Å². The van der Waals surface area contributed by atoms with Gasteiger partial charge >= 0.3 is 0 Å². The third kappa shape index (κ3) is 3.26. The topological polar surface area (TPSA) is 74.2 Å². The van der Waals surface area contributed by atoms with Crippen molar-refractivity contribution >= 4 is 0 Å². The van der Waals surface area contributed by atoms with Crippen molar-refractivity contribution in [1.29, 1.82) is 0 Å². The van der Waals surface area contributed by atoms with E-state index in [4.69, 9.17) is 15.0 Å². The maximum absolute atomic E-state index is 6.02. The fourth-order valence-corrected chi connectivity index (χ4v) is 2.13. The molecule has 1 aliphatic heterocycles. The highest BCUT2D eigenvalue weighted by Crippen LogP contribution is 2.26. The van der Waals surface area contributed by atoms with Crippen LogP contribution in [0.15, 0.2) is 4.52 Å². The van der Waals surface area contributed by atoms with Crippen LogP contribution in [-0.2, 0) is 4.74 Å². The zero-order valence-electron chi connectivity index (χ0n) is 10.6. The minimum Gasteiger partial charge on any atom is -0.381 e. The number of rotatable bonds is 4. The first-order valence-electron chi connectivity index (χ1n) is 6.33. The molecule has 1 aliphatic rings. The van der Waals surface area contributed by atoms with Crippen LogP contribution in [0, 0.1) is 5.92 Å². The van der Waals surface area contributed by atoms with Crippen molar-refractivity contribution < 1.29 is 9.26 Å². The molecule has 96 valence electrons. The Morgan fingerprint density at radius 1 is 1.35 bits per heavy atom. The lowest BCUT2D eigenvalue weighted by molar-refractivity contribution is 0.0830. The minimum absolute atomic E-state index is 0.143. The highest BCUT2D eigenvalue weighted by Gasteiger charge is 2.23. The lowest BCUT2D eigenvalue weighted by Gasteiger charge is -2.18. The van der Waals surface area contributed by atoms with E-state index in [0.29, 0.717) is 17.7 Å². The van der Waals surface area contributed by atoms with Crippen molar-refractivity contribution in [2.75, 3.05) is 13.2 Å². The Hall–Kier alpha value is -0.940. The lowest BCUT2D eigenvalue weighted by atomic mass is 10.00. The van der Waals surface area contributed by atoms with Gasteiger partial charge in [0.05, 0.1) is 6.04 Å². The largest absolute Gasteiger partial charge is 0.381 e. The zero-order valence-corrected chi connectivity index (χ0v) is 10.6. The first-order valence-corrected chi connectivity index (χ1v) is 6.33. The molecule has 0 radical (unpaired) electrons. The summed E-state index contributed by atoms with van der Waals surface area (Å²) in [6.07, 6.45) is 2.81. The number of aromatic nitrogens is 2. The van der Waals surface area contributed by atoms with E-state index in [1.165, 1.54) is 0 Å². The average molecular weight is 239 g/mol. The second-order valence-corrected chi connectivity index (χ2v) is 5.11. The van der Waals surface area contributed by atoms with Crippen molar-refractivity contribution in [3.8, 4) is 0 Å². The minimum atomic E-state index is -0.143. The number of hydrogen-bond acceptors (Lipinski definition) is 5. The van der Waals surface area contributed by atoms with Gasteiger partial charge in [-0.2, -0.15) is 4.98 Å². The van der Waals surface area contributed by atoms with Crippen molar-refractivity contribution in [2.45, 2.75) is 45.1 Å². The third-order valence-electron chi connectivity index (χ3n) is 3.09. The molecule has 5 nitrogen and oxygen atoms in total. The molecule has 0 saturated carbocycles. The summed E-state index contributed by atoms with van der Waals surface area (Å²) in [6.45, 7) is 5.84. The smallest absolute Gasteiger partial charge is 0.243 e. The van der Waals surface area contributed by atoms with Crippen LogP contribution in [0.2, 0.25) is 0 Å². The second-order valence-electron chi connectivity index (χ2n) is 5.11. The Labute approximate surface area is 102 Å². The molecule has 0 aliphatic carbocycles.